The van der Waals surface area contributed by atoms with E-state index in [-0.39, 0.29) is 0 Å². The first-order valence-corrected chi connectivity index (χ1v) is 5.02. The Balaban J connectivity index is 2.02. The molecule has 1 unspecified atom stereocenters. The molecule has 0 radical (unpaired) electrons. The highest BCUT2D eigenvalue weighted by molar-refractivity contribution is 8.00. The average molecular weight is 199 g/mol. The maximum absolute atomic E-state index is 11.7. The molecule has 1 rings (SSSR count). The van der Waals surface area contributed by atoms with Crippen molar-refractivity contribution >= 4 is 11.8 Å². The van der Waals surface area contributed by atoms with E-state index in [1.807, 2.05) is 0 Å². The summed E-state index contributed by atoms with van der Waals surface area (Å²) >= 11 is 1.76. The number of alkyl halides is 3. The number of halogens is 3. The Morgan fingerprint density at radius 2 is 2.17 bits per heavy atom. The van der Waals surface area contributed by atoms with Gasteiger partial charge in [-0.1, -0.05) is 0 Å². The van der Waals surface area contributed by atoms with Crippen molar-refractivity contribution in [2.45, 2.75) is 24.3 Å². The van der Waals surface area contributed by atoms with Crippen LogP contribution in [0.4, 0.5) is 13.2 Å². The van der Waals surface area contributed by atoms with Crippen LogP contribution >= 0.6 is 11.8 Å². The van der Waals surface area contributed by atoms with Crippen LogP contribution in [0.3, 0.4) is 0 Å². The van der Waals surface area contributed by atoms with E-state index in [0.29, 0.717) is 11.8 Å². The molecule has 72 valence electrons. The molecule has 1 aliphatic rings. The fourth-order valence-electron chi connectivity index (χ4n) is 1.18. The van der Waals surface area contributed by atoms with Gasteiger partial charge in [0.25, 0.3) is 0 Å². The van der Waals surface area contributed by atoms with Gasteiger partial charge >= 0.3 is 6.18 Å². The molecular weight excluding hydrogens is 187 g/mol. The van der Waals surface area contributed by atoms with Gasteiger partial charge in [-0.25, -0.2) is 0 Å². The van der Waals surface area contributed by atoms with Crippen molar-refractivity contribution in [3.63, 3.8) is 0 Å². The molecule has 0 saturated carbocycles. The maximum atomic E-state index is 11.7. The number of hydrogen-bond donors (Lipinski definition) is 1. The fourth-order valence-corrected chi connectivity index (χ4v) is 2.42. The lowest BCUT2D eigenvalue weighted by Gasteiger charge is -2.11. The van der Waals surface area contributed by atoms with Gasteiger partial charge in [-0.15, -0.1) is 0 Å². The van der Waals surface area contributed by atoms with E-state index in [1.54, 1.807) is 11.8 Å². The summed E-state index contributed by atoms with van der Waals surface area (Å²) in [6.07, 6.45) is -1.87. The molecule has 12 heavy (non-hydrogen) atoms. The zero-order chi connectivity index (χ0) is 9.03. The van der Waals surface area contributed by atoms with Gasteiger partial charge in [-0.3, -0.25) is 0 Å². The van der Waals surface area contributed by atoms with Gasteiger partial charge < -0.3 is 5.32 Å². The van der Waals surface area contributed by atoms with Crippen LogP contribution in [-0.2, 0) is 0 Å². The molecule has 0 aromatic carbocycles. The summed E-state index contributed by atoms with van der Waals surface area (Å²) < 4.78 is 35.0. The van der Waals surface area contributed by atoms with Crippen molar-refractivity contribution in [2.24, 2.45) is 0 Å². The minimum absolute atomic E-state index is 0.396. The number of rotatable bonds is 3. The number of hydrogen-bond acceptors (Lipinski definition) is 2. The van der Waals surface area contributed by atoms with Crippen molar-refractivity contribution in [1.29, 1.82) is 0 Å². The summed E-state index contributed by atoms with van der Waals surface area (Å²) in [5.74, 6) is 1.10. The van der Waals surface area contributed by atoms with Gasteiger partial charge in [0, 0.05) is 11.8 Å². The van der Waals surface area contributed by atoms with Gasteiger partial charge in [-0.05, 0) is 18.6 Å². The van der Waals surface area contributed by atoms with Crippen molar-refractivity contribution in [1.82, 2.24) is 5.32 Å². The van der Waals surface area contributed by atoms with Gasteiger partial charge in [0.2, 0.25) is 0 Å². The van der Waals surface area contributed by atoms with Crippen LogP contribution in [0.25, 0.3) is 0 Å². The van der Waals surface area contributed by atoms with E-state index in [9.17, 15) is 13.2 Å². The Labute approximate surface area is 74.1 Å². The summed E-state index contributed by atoms with van der Waals surface area (Å²) in [5.41, 5.74) is 0. The zero-order valence-corrected chi connectivity index (χ0v) is 7.47. The molecule has 0 bridgehead atoms. The second-order valence-electron chi connectivity index (χ2n) is 2.88. The third-order valence-corrected chi connectivity index (χ3v) is 3.12. The summed E-state index contributed by atoms with van der Waals surface area (Å²) in [5, 5.41) is 2.82. The van der Waals surface area contributed by atoms with Crippen LogP contribution in [0.5, 0.6) is 0 Å². The molecule has 5 heteroatoms. The Morgan fingerprint density at radius 1 is 1.42 bits per heavy atom. The summed E-state index contributed by atoms with van der Waals surface area (Å²) in [7, 11) is 0. The van der Waals surface area contributed by atoms with Gasteiger partial charge in [0.1, 0.15) is 0 Å². The molecular formula is C7H12F3NS. The van der Waals surface area contributed by atoms with Gasteiger partial charge in [0.05, 0.1) is 6.54 Å². The Kier molecular flexibility index (Phi) is 3.71. The first-order chi connectivity index (χ1) is 5.58. The molecule has 0 aliphatic carbocycles. The number of thioether (sulfide) groups is 1. The van der Waals surface area contributed by atoms with Crippen LogP contribution in [-0.4, -0.2) is 30.3 Å². The zero-order valence-electron chi connectivity index (χ0n) is 6.66. The second kappa shape index (κ2) is 4.37. The van der Waals surface area contributed by atoms with E-state index >= 15 is 0 Å². The monoisotopic (exact) mass is 199 g/mol. The highest BCUT2D eigenvalue weighted by atomic mass is 32.2. The molecule has 0 aromatic heterocycles. The lowest BCUT2D eigenvalue weighted by atomic mass is 10.2. The molecule has 0 amide bonds. The molecule has 1 N–H and O–H groups in total. The fraction of sp³-hybridized carbons (Fsp3) is 1.00. The third-order valence-electron chi connectivity index (χ3n) is 1.72. The predicted octanol–water partition coefficient (Wildman–Crippen LogP) is 2.03. The molecule has 1 nitrogen and oxygen atoms in total. The molecule has 1 aliphatic heterocycles. The van der Waals surface area contributed by atoms with E-state index in [2.05, 4.69) is 5.32 Å². The van der Waals surface area contributed by atoms with Crippen LogP contribution in [0.15, 0.2) is 0 Å². The second-order valence-corrected chi connectivity index (χ2v) is 4.29. The van der Waals surface area contributed by atoms with Crippen molar-refractivity contribution in [2.75, 3.05) is 18.8 Å². The van der Waals surface area contributed by atoms with Crippen molar-refractivity contribution in [3.8, 4) is 0 Å². The minimum Gasteiger partial charge on any atom is -0.308 e. The number of nitrogens with one attached hydrogen (secondary N) is 1. The maximum Gasteiger partial charge on any atom is 0.401 e. The standard InChI is InChI=1S/C7H12F3NS/c8-7(9,10)5-11-4-6-2-1-3-12-6/h6,11H,1-5H2. The van der Waals surface area contributed by atoms with Crippen LogP contribution in [0.1, 0.15) is 12.8 Å². The lowest BCUT2D eigenvalue weighted by Crippen LogP contribution is -2.32. The van der Waals surface area contributed by atoms with Crippen molar-refractivity contribution in [3.05, 3.63) is 0 Å². The molecule has 1 heterocycles. The Hall–Kier alpha value is 0.100. The highest BCUT2D eigenvalue weighted by Crippen LogP contribution is 2.25. The van der Waals surface area contributed by atoms with E-state index < -0.39 is 12.7 Å². The predicted molar refractivity (Wildman–Crippen MR) is 44.4 cm³/mol. The quantitative estimate of drug-likeness (QED) is 0.746. The van der Waals surface area contributed by atoms with E-state index in [4.69, 9.17) is 0 Å². The smallest absolute Gasteiger partial charge is 0.308 e. The SMILES string of the molecule is FC(F)(F)CNCC1CCCS1. The van der Waals surface area contributed by atoms with E-state index in [1.165, 1.54) is 0 Å². The third kappa shape index (κ3) is 4.21. The van der Waals surface area contributed by atoms with E-state index in [0.717, 1.165) is 18.6 Å². The summed E-state index contributed by atoms with van der Waals surface area (Å²) in [6.45, 7) is -0.367. The van der Waals surface area contributed by atoms with Crippen molar-refractivity contribution < 1.29 is 13.2 Å². The summed E-state index contributed by atoms with van der Waals surface area (Å²) in [6, 6.07) is 0. The lowest BCUT2D eigenvalue weighted by molar-refractivity contribution is -0.124. The minimum atomic E-state index is -4.07. The Morgan fingerprint density at radius 3 is 2.67 bits per heavy atom. The molecule has 1 saturated heterocycles. The largest absolute Gasteiger partial charge is 0.401 e. The van der Waals surface area contributed by atoms with Crippen LogP contribution < -0.4 is 5.32 Å². The normalized spacial score (nSPS) is 24.8. The Bertz CT molecular complexity index is 131. The summed E-state index contributed by atoms with van der Waals surface area (Å²) in [4.78, 5) is 0. The molecule has 1 fully saturated rings. The first-order valence-electron chi connectivity index (χ1n) is 3.97. The molecule has 0 spiro atoms. The van der Waals surface area contributed by atoms with Gasteiger partial charge in [-0.2, -0.15) is 24.9 Å². The topological polar surface area (TPSA) is 12.0 Å². The first kappa shape index (κ1) is 10.2. The average Bonchev–Trinajstić information content (AvgIpc) is 2.36. The molecule has 0 aromatic rings. The van der Waals surface area contributed by atoms with Gasteiger partial charge in [0.15, 0.2) is 0 Å². The van der Waals surface area contributed by atoms with Crippen LogP contribution in [0, 0.1) is 0 Å². The van der Waals surface area contributed by atoms with Crippen LogP contribution in [0.2, 0.25) is 0 Å². The molecule has 1 atom stereocenters. The highest BCUT2D eigenvalue weighted by Gasteiger charge is 2.27.